The summed E-state index contributed by atoms with van der Waals surface area (Å²) in [5.74, 6) is 0.346. The Hall–Kier alpha value is -1.69. The maximum Gasteiger partial charge on any atom is 0.330 e. The molecule has 0 aromatic carbocycles. The predicted octanol–water partition coefficient (Wildman–Crippen LogP) is 0.683. The minimum Gasteiger partial charge on any atom is -0.354 e. The van der Waals surface area contributed by atoms with Gasteiger partial charge in [0.25, 0.3) is 5.56 Å². The van der Waals surface area contributed by atoms with Crippen LogP contribution >= 0.6 is 0 Å². The molecule has 0 aliphatic carbocycles. The lowest BCUT2D eigenvalue weighted by molar-refractivity contribution is -0.00764. The SMILES string of the molecule is CC[C@H]1OC(n2cc(C=O)c(=O)[nH]c2=O)C[C@@H]1C. The maximum atomic E-state index is 11.7. The number of aromatic amines is 1. The van der Waals surface area contributed by atoms with Crippen molar-refractivity contribution < 1.29 is 9.53 Å². The summed E-state index contributed by atoms with van der Waals surface area (Å²) in [5.41, 5.74) is -1.27. The molecule has 2 rings (SSSR count). The van der Waals surface area contributed by atoms with Crippen LogP contribution in [0.4, 0.5) is 0 Å². The van der Waals surface area contributed by atoms with Crippen molar-refractivity contribution in [3.63, 3.8) is 0 Å². The number of aromatic nitrogens is 2. The standard InChI is InChI=1S/C12H16N2O4/c1-3-9-7(2)4-10(18-9)14-5-8(6-15)11(16)13-12(14)17/h5-7,9-10H,3-4H2,1-2H3,(H,13,16,17)/t7-,9+,10?/m0/s1. The Balaban J connectivity index is 2.38. The van der Waals surface area contributed by atoms with Gasteiger partial charge >= 0.3 is 5.69 Å². The number of hydrogen-bond acceptors (Lipinski definition) is 4. The molecule has 18 heavy (non-hydrogen) atoms. The Labute approximate surface area is 104 Å². The van der Waals surface area contributed by atoms with E-state index in [1.165, 1.54) is 10.8 Å². The molecule has 1 aromatic heterocycles. The molecule has 0 bridgehead atoms. The van der Waals surface area contributed by atoms with Crippen molar-refractivity contribution in [1.29, 1.82) is 0 Å². The van der Waals surface area contributed by atoms with E-state index >= 15 is 0 Å². The Morgan fingerprint density at radius 1 is 1.56 bits per heavy atom. The molecular formula is C12H16N2O4. The average molecular weight is 252 g/mol. The Bertz CT molecular complexity index is 560. The number of carbonyl (C=O) groups is 1. The van der Waals surface area contributed by atoms with E-state index in [0.717, 1.165) is 6.42 Å². The van der Waals surface area contributed by atoms with Gasteiger partial charge in [-0.3, -0.25) is 19.1 Å². The van der Waals surface area contributed by atoms with Gasteiger partial charge in [0.15, 0.2) is 6.29 Å². The highest BCUT2D eigenvalue weighted by Crippen LogP contribution is 2.33. The van der Waals surface area contributed by atoms with Crippen molar-refractivity contribution in [2.75, 3.05) is 0 Å². The number of rotatable bonds is 3. The van der Waals surface area contributed by atoms with Crippen LogP contribution in [0.2, 0.25) is 0 Å². The summed E-state index contributed by atoms with van der Waals surface area (Å²) in [6, 6.07) is 0. The average Bonchev–Trinajstić information content (AvgIpc) is 2.70. The Kier molecular flexibility index (Phi) is 3.47. The first kappa shape index (κ1) is 12.8. The largest absolute Gasteiger partial charge is 0.354 e. The summed E-state index contributed by atoms with van der Waals surface area (Å²) in [4.78, 5) is 35.8. The molecule has 0 amide bonds. The molecule has 3 atom stereocenters. The van der Waals surface area contributed by atoms with Gasteiger partial charge in [0.05, 0.1) is 11.7 Å². The zero-order valence-electron chi connectivity index (χ0n) is 10.4. The van der Waals surface area contributed by atoms with Crippen LogP contribution in [0.5, 0.6) is 0 Å². The summed E-state index contributed by atoms with van der Waals surface area (Å²) in [7, 11) is 0. The molecule has 1 aromatic rings. The highest BCUT2D eigenvalue weighted by Gasteiger charge is 2.32. The first-order valence-corrected chi connectivity index (χ1v) is 6.03. The third-order valence-electron chi connectivity index (χ3n) is 3.37. The molecule has 98 valence electrons. The van der Waals surface area contributed by atoms with E-state index in [4.69, 9.17) is 4.74 Å². The first-order chi connectivity index (χ1) is 8.56. The molecule has 0 saturated carbocycles. The summed E-state index contributed by atoms with van der Waals surface area (Å²) in [5, 5.41) is 0. The van der Waals surface area contributed by atoms with Crippen molar-refractivity contribution in [3.05, 3.63) is 32.6 Å². The molecule has 1 fully saturated rings. The number of nitrogens with zero attached hydrogens (tertiary/aromatic N) is 1. The zero-order valence-corrected chi connectivity index (χ0v) is 10.4. The van der Waals surface area contributed by atoms with Crippen LogP contribution < -0.4 is 11.2 Å². The third-order valence-corrected chi connectivity index (χ3v) is 3.37. The quantitative estimate of drug-likeness (QED) is 0.802. The molecule has 6 heteroatoms. The number of H-pyrrole nitrogens is 1. The van der Waals surface area contributed by atoms with Gasteiger partial charge in [-0.2, -0.15) is 0 Å². The van der Waals surface area contributed by atoms with Crippen molar-refractivity contribution >= 4 is 6.29 Å². The van der Waals surface area contributed by atoms with Crippen molar-refractivity contribution in [1.82, 2.24) is 9.55 Å². The van der Waals surface area contributed by atoms with E-state index in [1.807, 2.05) is 6.92 Å². The Morgan fingerprint density at radius 3 is 2.83 bits per heavy atom. The van der Waals surface area contributed by atoms with E-state index in [2.05, 4.69) is 11.9 Å². The molecule has 6 nitrogen and oxygen atoms in total. The van der Waals surface area contributed by atoms with Gasteiger partial charge in [-0.1, -0.05) is 13.8 Å². The molecule has 1 saturated heterocycles. The smallest absolute Gasteiger partial charge is 0.330 e. The van der Waals surface area contributed by atoms with Gasteiger partial charge in [-0.15, -0.1) is 0 Å². The second kappa shape index (κ2) is 4.89. The Morgan fingerprint density at radius 2 is 2.28 bits per heavy atom. The number of nitrogens with one attached hydrogen (secondary N) is 1. The van der Waals surface area contributed by atoms with Crippen LogP contribution in [-0.4, -0.2) is 21.9 Å². The zero-order chi connectivity index (χ0) is 13.3. The van der Waals surface area contributed by atoms with Crippen LogP contribution in [0, 0.1) is 5.92 Å². The van der Waals surface area contributed by atoms with Gasteiger partial charge in [0.2, 0.25) is 0 Å². The van der Waals surface area contributed by atoms with Crippen LogP contribution in [0.25, 0.3) is 0 Å². The van der Waals surface area contributed by atoms with E-state index in [9.17, 15) is 14.4 Å². The lowest BCUT2D eigenvalue weighted by Gasteiger charge is -2.15. The molecule has 2 heterocycles. The number of aldehydes is 1. The monoisotopic (exact) mass is 252 g/mol. The fourth-order valence-electron chi connectivity index (χ4n) is 2.34. The molecular weight excluding hydrogens is 236 g/mol. The number of hydrogen-bond donors (Lipinski definition) is 1. The second-order valence-corrected chi connectivity index (χ2v) is 4.62. The van der Waals surface area contributed by atoms with Gasteiger partial charge in [-0.05, 0) is 18.8 Å². The topological polar surface area (TPSA) is 81.2 Å². The molecule has 0 radical (unpaired) electrons. The molecule has 1 aliphatic heterocycles. The molecule has 0 spiro atoms. The van der Waals surface area contributed by atoms with Crippen LogP contribution in [-0.2, 0) is 4.74 Å². The van der Waals surface area contributed by atoms with E-state index in [0.29, 0.717) is 18.6 Å². The highest BCUT2D eigenvalue weighted by atomic mass is 16.5. The second-order valence-electron chi connectivity index (χ2n) is 4.62. The normalized spacial score (nSPS) is 27.3. The van der Waals surface area contributed by atoms with Crippen molar-refractivity contribution in [2.45, 2.75) is 39.0 Å². The number of carbonyl (C=O) groups excluding carboxylic acids is 1. The minimum absolute atomic E-state index is 0.0641. The minimum atomic E-state index is -0.663. The molecule has 1 N–H and O–H groups in total. The molecule has 1 aliphatic rings. The fourth-order valence-corrected chi connectivity index (χ4v) is 2.34. The summed E-state index contributed by atoms with van der Waals surface area (Å²) >= 11 is 0. The van der Waals surface area contributed by atoms with Crippen LogP contribution in [0.15, 0.2) is 15.8 Å². The van der Waals surface area contributed by atoms with Crippen molar-refractivity contribution in [3.8, 4) is 0 Å². The van der Waals surface area contributed by atoms with Gasteiger partial charge < -0.3 is 4.74 Å². The van der Waals surface area contributed by atoms with E-state index in [-0.39, 0.29) is 11.7 Å². The number of ether oxygens (including phenoxy) is 1. The third kappa shape index (κ3) is 2.15. The lowest BCUT2D eigenvalue weighted by Crippen LogP contribution is -2.34. The summed E-state index contributed by atoms with van der Waals surface area (Å²) in [6.45, 7) is 4.08. The van der Waals surface area contributed by atoms with E-state index in [1.54, 1.807) is 0 Å². The van der Waals surface area contributed by atoms with Gasteiger partial charge in [0.1, 0.15) is 6.23 Å². The van der Waals surface area contributed by atoms with Crippen molar-refractivity contribution in [2.24, 2.45) is 5.92 Å². The lowest BCUT2D eigenvalue weighted by atomic mass is 10.0. The fraction of sp³-hybridized carbons (Fsp3) is 0.583. The predicted molar refractivity (Wildman–Crippen MR) is 64.7 cm³/mol. The van der Waals surface area contributed by atoms with Crippen LogP contribution in [0.3, 0.4) is 0 Å². The molecule has 1 unspecified atom stereocenters. The van der Waals surface area contributed by atoms with Gasteiger partial charge in [0, 0.05) is 6.20 Å². The van der Waals surface area contributed by atoms with E-state index < -0.39 is 17.5 Å². The summed E-state index contributed by atoms with van der Waals surface area (Å²) < 4.78 is 7.04. The summed E-state index contributed by atoms with van der Waals surface area (Å²) in [6.07, 6.45) is 2.97. The van der Waals surface area contributed by atoms with Crippen LogP contribution in [0.1, 0.15) is 43.3 Å². The first-order valence-electron chi connectivity index (χ1n) is 6.03. The maximum absolute atomic E-state index is 11.7. The highest BCUT2D eigenvalue weighted by molar-refractivity contribution is 5.73. The van der Waals surface area contributed by atoms with Gasteiger partial charge in [-0.25, -0.2) is 4.79 Å².